The van der Waals surface area contributed by atoms with Gasteiger partial charge >= 0.3 is 0 Å². The molecule has 0 bridgehead atoms. The van der Waals surface area contributed by atoms with Crippen LogP contribution in [0.3, 0.4) is 0 Å². The van der Waals surface area contributed by atoms with Crippen molar-refractivity contribution >= 4 is 21.4 Å². The largest absolute Gasteiger partial charge is 0.495 e. The Balaban J connectivity index is 2.41. The standard InChI is InChI=1S/C13H13FN2O3S/c1-19-12-5-3-2-4-11(12)16-20(17,18)13-7-6-9(15)8-10(13)14/h2-8,16H,15H2,1H3. The van der Waals surface area contributed by atoms with E-state index in [-0.39, 0.29) is 11.4 Å². The molecule has 0 saturated heterocycles. The minimum absolute atomic E-state index is 0.152. The van der Waals surface area contributed by atoms with Crippen molar-refractivity contribution in [3.8, 4) is 5.75 Å². The Morgan fingerprint density at radius 3 is 2.55 bits per heavy atom. The first-order chi connectivity index (χ1) is 9.44. The molecule has 0 unspecified atom stereocenters. The average molecular weight is 296 g/mol. The number of benzene rings is 2. The number of anilines is 2. The highest BCUT2D eigenvalue weighted by Crippen LogP contribution is 2.27. The number of hydrogen-bond acceptors (Lipinski definition) is 4. The van der Waals surface area contributed by atoms with E-state index >= 15 is 0 Å². The van der Waals surface area contributed by atoms with Crippen LogP contribution in [0.5, 0.6) is 5.75 Å². The van der Waals surface area contributed by atoms with Crippen LogP contribution in [0.2, 0.25) is 0 Å². The number of ether oxygens (including phenoxy) is 1. The van der Waals surface area contributed by atoms with Crippen LogP contribution in [0.4, 0.5) is 15.8 Å². The second-order valence-electron chi connectivity index (χ2n) is 4.00. The molecular weight excluding hydrogens is 283 g/mol. The Bertz CT molecular complexity index is 732. The summed E-state index contributed by atoms with van der Waals surface area (Å²) in [6, 6.07) is 9.84. The quantitative estimate of drug-likeness (QED) is 0.848. The topological polar surface area (TPSA) is 81.4 Å². The summed E-state index contributed by atoms with van der Waals surface area (Å²) in [5.74, 6) is -0.570. The predicted octanol–water partition coefficient (Wildman–Crippen LogP) is 2.22. The van der Waals surface area contributed by atoms with Crippen LogP contribution in [0, 0.1) is 5.82 Å². The third-order valence-electron chi connectivity index (χ3n) is 2.60. The SMILES string of the molecule is COc1ccccc1NS(=O)(=O)c1ccc(N)cc1F. The first kappa shape index (κ1) is 14.1. The van der Waals surface area contributed by atoms with Gasteiger partial charge in [-0.25, -0.2) is 12.8 Å². The average Bonchev–Trinajstić information content (AvgIpc) is 2.38. The van der Waals surface area contributed by atoms with Gasteiger partial charge in [-0.2, -0.15) is 0 Å². The van der Waals surface area contributed by atoms with Gasteiger partial charge in [-0.1, -0.05) is 12.1 Å². The summed E-state index contributed by atoms with van der Waals surface area (Å²) in [6.07, 6.45) is 0. The van der Waals surface area contributed by atoms with Crippen LogP contribution in [-0.2, 0) is 10.0 Å². The summed E-state index contributed by atoms with van der Waals surface area (Å²) in [5.41, 5.74) is 5.77. The lowest BCUT2D eigenvalue weighted by molar-refractivity contribution is 0.417. The fourth-order valence-corrected chi connectivity index (χ4v) is 2.79. The summed E-state index contributed by atoms with van der Waals surface area (Å²) in [7, 11) is -2.64. The maximum atomic E-state index is 13.7. The highest BCUT2D eigenvalue weighted by atomic mass is 32.2. The molecule has 20 heavy (non-hydrogen) atoms. The molecule has 2 aromatic carbocycles. The second kappa shape index (κ2) is 5.38. The van der Waals surface area contributed by atoms with E-state index in [0.29, 0.717) is 5.75 Å². The van der Waals surface area contributed by atoms with E-state index in [9.17, 15) is 12.8 Å². The summed E-state index contributed by atoms with van der Waals surface area (Å²) >= 11 is 0. The van der Waals surface area contributed by atoms with E-state index in [0.717, 1.165) is 12.1 Å². The van der Waals surface area contributed by atoms with Gasteiger partial charge in [-0.15, -0.1) is 0 Å². The first-order valence-electron chi connectivity index (χ1n) is 5.65. The van der Waals surface area contributed by atoms with Crippen LogP contribution in [0.15, 0.2) is 47.4 Å². The van der Waals surface area contributed by atoms with E-state index in [1.807, 2.05) is 0 Å². The first-order valence-corrected chi connectivity index (χ1v) is 7.13. The molecule has 2 rings (SSSR count). The number of sulfonamides is 1. The molecule has 106 valence electrons. The van der Waals surface area contributed by atoms with E-state index < -0.39 is 20.7 Å². The third-order valence-corrected chi connectivity index (χ3v) is 4.00. The summed E-state index contributed by atoms with van der Waals surface area (Å²) in [4.78, 5) is -0.474. The maximum Gasteiger partial charge on any atom is 0.264 e. The zero-order chi connectivity index (χ0) is 14.8. The molecule has 5 nitrogen and oxygen atoms in total. The fourth-order valence-electron chi connectivity index (χ4n) is 1.66. The summed E-state index contributed by atoms with van der Waals surface area (Å²) in [6.45, 7) is 0. The predicted molar refractivity (Wildman–Crippen MR) is 74.6 cm³/mol. The molecule has 0 aromatic heterocycles. The third kappa shape index (κ3) is 2.83. The second-order valence-corrected chi connectivity index (χ2v) is 5.65. The maximum absolute atomic E-state index is 13.7. The molecule has 0 aliphatic heterocycles. The lowest BCUT2D eigenvalue weighted by atomic mass is 10.3. The lowest BCUT2D eigenvalue weighted by Crippen LogP contribution is -2.15. The van der Waals surface area contributed by atoms with Gasteiger partial charge < -0.3 is 10.5 Å². The van der Waals surface area contributed by atoms with Crippen molar-refractivity contribution in [1.82, 2.24) is 0 Å². The number of nitrogen functional groups attached to an aromatic ring is 1. The molecule has 0 heterocycles. The molecule has 0 aliphatic carbocycles. The summed E-state index contributed by atoms with van der Waals surface area (Å²) in [5, 5.41) is 0. The number of nitrogens with two attached hydrogens (primary N) is 1. The Kier molecular flexibility index (Phi) is 3.80. The van der Waals surface area contributed by atoms with Crippen LogP contribution in [-0.4, -0.2) is 15.5 Å². The smallest absolute Gasteiger partial charge is 0.264 e. The van der Waals surface area contributed by atoms with Crippen LogP contribution >= 0.6 is 0 Å². The number of rotatable bonds is 4. The van der Waals surface area contributed by atoms with Gasteiger partial charge in [-0.3, -0.25) is 4.72 Å². The Morgan fingerprint density at radius 1 is 1.20 bits per heavy atom. The van der Waals surface area contributed by atoms with Crippen LogP contribution in [0.1, 0.15) is 0 Å². The van der Waals surface area contributed by atoms with E-state index in [4.69, 9.17) is 10.5 Å². The van der Waals surface area contributed by atoms with Gasteiger partial charge in [0.25, 0.3) is 10.0 Å². The molecule has 0 amide bonds. The van der Waals surface area contributed by atoms with Crippen molar-refractivity contribution in [2.24, 2.45) is 0 Å². The van der Waals surface area contributed by atoms with Crippen molar-refractivity contribution in [1.29, 1.82) is 0 Å². The van der Waals surface area contributed by atoms with Gasteiger partial charge in [0.1, 0.15) is 16.5 Å². The Morgan fingerprint density at radius 2 is 1.90 bits per heavy atom. The highest BCUT2D eigenvalue weighted by molar-refractivity contribution is 7.92. The lowest BCUT2D eigenvalue weighted by Gasteiger charge is -2.12. The van der Waals surface area contributed by atoms with Gasteiger partial charge in [0.2, 0.25) is 0 Å². The molecule has 0 atom stereocenters. The number of methoxy groups -OCH3 is 1. The number of hydrogen-bond donors (Lipinski definition) is 2. The number of nitrogens with one attached hydrogen (secondary N) is 1. The van der Waals surface area contributed by atoms with Crippen molar-refractivity contribution in [2.45, 2.75) is 4.90 Å². The van der Waals surface area contributed by atoms with E-state index in [1.165, 1.54) is 19.2 Å². The monoisotopic (exact) mass is 296 g/mol. The van der Waals surface area contributed by atoms with Crippen LogP contribution < -0.4 is 15.2 Å². The van der Waals surface area contributed by atoms with Gasteiger partial charge in [-0.05, 0) is 30.3 Å². The van der Waals surface area contributed by atoms with E-state index in [1.54, 1.807) is 18.2 Å². The van der Waals surface area contributed by atoms with E-state index in [2.05, 4.69) is 4.72 Å². The zero-order valence-electron chi connectivity index (χ0n) is 10.6. The molecule has 7 heteroatoms. The van der Waals surface area contributed by atoms with Crippen molar-refractivity contribution < 1.29 is 17.5 Å². The fraction of sp³-hybridized carbons (Fsp3) is 0.0769. The van der Waals surface area contributed by atoms with Gasteiger partial charge in [0.05, 0.1) is 12.8 Å². The molecule has 2 aromatic rings. The normalized spacial score (nSPS) is 11.1. The van der Waals surface area contributed by atoms with Gasteiger partial charge in [0, 0.05) is 5.69 Å². The molecule has 0 saturated carbocycles. The number of halogens is 1. The van der Waals surface area contributed by atoms with Crippen molar-refractivity contribution in [3.05, 3.63) is 48.3 Å². The Hall–Kier alpha value is -2.28. The highest BCUT2D eigenvalue weighted by Gasteiger charge is 2.20. The Labute approximate surface area is 116 Å². The molecule has 0 aliphatic rings. The zero-order valence-corrected chi connectivity index (χ0v) is 11.4. The summed E-state index contributed by atoms with van der Waals surface area (Å²) < 4.78 is 45.3. The van der Waals surface area contributed by atoms with Gasteiger partial charge in [0.15, 0.2) is 0 Å². The molecular formula is C13H13FN2O3S. The van der Waals surface area contributed by atoms with Crippen LogP contribution in [0.25, 0.3) is 0 Å². The minimum Gasteiger partial charge on any atom is -0.495 e. The molecule has 0 radical (unpaired) electrons. The number of para-hydroxylation sites is 2. The van der Waals surface area contributed by atoms with Crippen molar-refractivity contribution in [3.63, 3.8) is 0 Å². The van der Waals surface area contributed by atoms with Crippen molar-refractivity contribution in [2.75, 3.05) is 17.6 Å². The molecule has 0 fully saturated rings. The minimum atomic E-state index is -4.05. The molecule has 3 N–H and O–H groups in total. The molecule has 0 spiro atoms.